The number of ketones is 1. The van der Waals surface area contributed by atoms with Crippen LogP contribution in [0.4, 0.5) is 4.39 Å². The molecule has 0 atom stereocenters. The maximum Gasteiger partial charge on any atom is 0.343 e. The van der Waals surface area contributed by atoms with Gasteiger partial charge in [0.25, 0.3) is 0 Å². The fourth-order valence-corrected chi connectivity index (χ4v) is 2.98. The zero-order valence-electron chi connectivity index (χ0n) is 15.6. The van der Waals surface area contributed by atoms with Crippen molar-refractivity contribution in [1.82, 2.24) is 0 Å². The lowest BCUT2D eigenvalue weighted by Gasteiger charge is -2.05. The molecule has 5 heteroatoms. The van der Waals surface area contributed by atoms with E-state index in [4.69, 9.17) is 9.47 Å². The van der Waals surface area contributed by atoms with Crippen LogP contribution in [0.15, 0.2) is 72.5 Å². The molecule has 29 heavy (non-hydrogen) atoms. The van der Waals surface area contributed by atoms with Gasteiger partial charge in [0.1, 0.15) is 17.3 Å². The van der Waals surface area contributed by atoms with Gasteiger partial charge < -0.3 is 9.47 Å². The van der Waals surface area contributed by atoms with Gasteiger partial charge in [-0.2, -0.15) is 0 Å². The summed E-state index contributed by atoms with van der Waals surface area (Å²) in [7, 11) is 0. The van der Waals surface area contributed by atoms with Crippen LogP contribution in [0.3, 0.4) is 0 Å². The summed E-state index contributed by atoms with van der Waals surface area (Å²) in [4.78, 5) is 24.8. The van der Waals surface area contributed by atoms with Crippen LogP contribution in [-0.2, 0) is 6.42 Å². The summed E-state index contributed by atoms with van der Waals surface area (Å²) in [5, 5.41) is 0. The van der Waals surface area contributed by atoms with Crippen molar-refractivity contribution in [2.24, 2.45) is 0 Å². The highest BCUT2D eigenvalue weighted by atomic mass is 19.1. The molecule has 0 bridgehead atoms. The van der Waals surface area contributed by atoms with Crippen LogP contribution in [0.5, 0.6) is 11.5 Å². The summed E-state index contributed by atoms with van der Waals surface area (Å²) in [6.07, 6.45) is 2.63. The molecule has 0 aliphatic carbocycles. The Hall–Kier alpha value is -3.73. The fourth-order valence-electron chi connectivity index (χ4n) is 2.98. The number of fused-ring (bicyclic) bond motifs is 1. The number of halogens is 1. The van der Waals surface area contributed by atoms with E-state index >= 15 is 0 Å². The quantitative estimate of drug-likeness (QED) is 0.349. The van der Waals surface area contributed by atoms with Crippen molar-refractivity contribution < 1.29 is 23.5 Å². The molecule has 144 valence electrons. The van der Waals surface area contributed by atoms with E-state index in [1.165, 1.54) is 42.0 Å². The fraction of sp³-hybridized carbons (Fsp3) is 0.0833. The molecule has 0 saturated carbocycles. The van der Waals surface area contributed by atoms with Crippen LogP contribution in [-0.4, -0.2) is 11.8 Å². The van der Waals surface area contributed by atoms with Gasteiger partial charge in [0.05, 0.1) is 11.1 Å². The van der Waals surface area contributed by atoms with Crippen molar-refractivity contribution in [2.75, 3.05) is 0 Å². The molecule has 1 heterocycles. The molecule has 0 spiro atoms. The average Bonchev–Trinajstić information content (AvgIpc) is 3.03. The van der Waals surface area contributed by atoms with Crippen molar-refractivity contribution in [2.45, 2.75) is 13.3 Å². The SMILES string of the molecule is CCc1ccc(/C=C2\Oc3cc(OC(=O)c4ccc(F)cc4)ccc3C2=O)cc1. The molecule has 0 saturated heterocycles. The number of benzene rings is 3. The van der Waals surface area contributed by atoms with Crippen LogP contribution in [0.2, 0.25) is 0 Å². The number of rotatable bonds is 4. The van der Waals surface area contributed by atoms with Crippen molar-refractivity contribution in [3.63, 3.8) is 0 Å². The Morgan fingerprint density at radius 1 is 1.03 bits per heavy atom. The van der Waals surface area contributed by atoms with E-state index in [-0.39, 0.29) is 22.9 Å². The summed E-state index contributed by atoms with van der Waals surface area (Å²) in [5.41, 5.74) is 2.70. The molecule has 0 amide bonds. The number of hydrogen-bond donors (Lipinski definition) is 0. The lowest BCUT2D eigenvalue weighted by atomic mass is 10.1. The summed E-state index contributed by atoms with van der Waals surface area (Å²) in [6.45, 7) is 2.08. The Bertz CT molecular complexity index is 1110. The second-order valence-corrected chi connectivity index (χ2v) is 6.59. The number of carbonyl (C=O) groups is 2. The molecule has 0 N–H and O–H groups in total. The Labute approximate surface area is 167 Å². The molecule has 3 aromatic carbocycles. The standard InChI is InChI=1S/C24H17FO4/c1-2-15-3-5-16(6-4-15)13-22-23(26)20-12-11-19(14-21(20)29-22)28-24(27)17-7-9-18(25)10-8-17/h3-14H,2H2,1H3/b22-13-. The van der Waals surface area contributed by atoms with Crippen LogP contribution in [0, 0.1) is 5.82 Å². The number of hydrogen-bond acceptors (Lipinski definition) is 4. The van der Waals surface area contributed by atoms with E-state index in [0.29, 0.717) is 11.3 Å². The molecule has 4 nitrogen and oxygen atoms in total. The van der Waals surface area contributed by atoms with E-state index < -0.39 is 11.8 Å². The highest BCUT2D eigenvalue weighted by molar-refractivity contribution is 6.14. The highest BCUT2D eigenvalue weighted by Crippen LogP contribution is 2.35. The summed E-state index contributed by atoms with van der Waals surface area (Å²) in [5.74, 6) is -0.506. The molecular formula is C24H17FO4. The van der Waals surface area contributed by atoms with Crippen molar-refractivity contribution in [1.29, 1.82) is 0 Å². The second kappa shape index (κ2) is 7.72. The average molecular weight is 388 g/mol. The molecule has 0 unspecified atom stereocenters. The predicted molar refractivity (Wildman–Crippen MR) is 107 cm³/mol. The number of ether oxygens (including phenoxy) is 2. The third-order valence-corrected chi connectivity index (χ3v) is 4.62. The third kappa shape index (κ3) is 3.94. The number of carbonyl (C=O) groups excluding carboxylic acids is 2. The Morgan fingerprint density at radius 3 is 2.45 bits per heavy atom. The zero-order valence-corrected chi connectivity index (χ0v) is 15.6. The van der Waals surface area contributed by atoms with Gasteiger partial charge in [-0.15, -0.1) is 0 Å². The molecular weight excluding hydrogens is 371 g/mol. The smallest absolute Gasteiger partial charge is 0.343 e. The largest absolute Gasteiger partial charge is 0.452 e. The first-order valence-electron chi connectivity index (χ1n) is 9.18. The summed E-state index contributed by atoms with van der Waals surface area (Å²) in [6, 6.07) is 17.5. The maximum absolute atomic E-state index is 13.0. The molecule has 4 rings (SSSR count). The van der Waals surface area contributed by atoms with Gasteiger partial charge in [-0.1, -0.05) is 31.2 Å². The lowest BCUT2D eigenvalue weighted by molar-refractivity contribution is 0.0734. The number of aryl methyl sites for hydroxylation is 1. The number of allylic oxidation sites excluding steroid dienone is 1. The minimum atomic E-state index is -0.624. The molecule has 0 aromatic heterocycles. The first-order valence-corrected chi connectivity index (χ1v) is 9.18. The Balaban J connectivity index is 1.52. The lowest BCUT2D eigenvalue weighted by Crippen LogP contribution is -2.08. The Kier molecular flexibility index (Phi) is 4.96. The normalized spacial score (nSPS) is 13.9. The second-order valence-electron chi connectivity index (χ2n) is 6.59. The Morgan fingerprint density at radius 2 is 1.76 bits per heavy atom. The molecule has 1 aliphatic heterocycles. The van der Waals surface area contributed by atoms with Crippen LogP contribution in [0.1, 0.15) is 38.8 Å². The van der Waals surface area contributed by atoms with E-state index in [9.17, 15) is 14.0 Å². The third-order valence-electron chi connectivity index (χ3n) is 4.62. The topological polar surface area (TPSA) is 52.6 Å². The monoisotopic (exact) mass is 388 g/mol. The van der Waals surface area contributed by atoms with Gasteiger partial charge in [0.2, 0.25) is 5.78 Å². The summed E-state index contributed by atoms with van der Waals surface area (Å²) < 4.78 is 24.0. The van der Waals surface area contributed by atoms with Gasteiger partial charge in [-0.25, -0.2) is 9.18 Å². The van der Waals surface area contributed by atoms with E-state index in [1.54, 1.807) is 12.1 Å². The van der Waals surface area contributed by atoms with E-state index in [1.807, 2.05) is 24.3 Å². The first kappa shape index (κ1) is 18.6. The van der Waals surface area contributed by atoms with Gasteiger partial charge in [0.15, 0.2) is 5.76 Å². The minimum Gasteiger partial charge on any atom is -0.452 e. The summed E-state index contributed by atoms with van der Waals surface area (Å²) >= 11 is 0. The molecule has 0 fully saturated rings. The zero-order chi connectivity index (χ0) is 20.4. The van der Waals surface area contributed by atoms with Gasteiger partial charge >= 0.3 is 5.97 Å². The van der Waals surface area contributed by atoms with Crippen LogP contribution >= 0.6 is 0 Å². The van der Waals surface area contributed by atoms with Gasteiger partial charge in [-0.05, 0) is 60.0 Å². The molecule has 3 aromatic rings. The minimum absolute atomic E-state index is 0.214. The van der Waals surface area contributed by atoms with E-state index in [2.05, 4.69) is 6.92 Å². The van der Waals surface area contributed by atoms with Crippen molar-refractivity contribution in [3.8, 4) is 11.5 Å². The van der Waals surface area contributed by atoms with Crippen molar-refractivity contribution in [3.05, 3.63) is 101 Å². The van der Waals surface area contributed by atoms with Crippen molar-refractivity contribution >= 4 is 17.8 Å². The van der Waals surface area contributed by atoms with Crippen LogP contribution in [0.25, 0.3) is 6.08 Å². The highest BCUT2D eigenvalue weighted by Gasteiger charge is 2.28. The first-order chi connectivity index (χ1) is 14.0. The van der Waals surface area contributed by atoms with E-state index in [0.717, 1.165) is 12.0 Å². The van der Waals surface area contributed by atoms with Gasteiger partial charge in [0, 0.05) is 6.07 Å². The molecule has 0 radical (unpaired) electrons. The van der Waals surface area contributed by atoms with Gasteiger partial charge in [-0.3, -0.25) is 4.79 Å². The number of esters is 1. The maximum atomic E-state index is 13.0. The predicted octanol–water partition coefficient (Wildman–Crippen LogP) is 5.22. The van der Waals surface area contributed by atoms with Crippen LogP contribution < -0.4 is 9.47 Å². The number of Topliss-reactive ketones (excluding diaryl/α,β-unsaturated/α-hetero) is 1. The molecule has 1 aliphatic rings.